The molecule has 0 saturated carbocycles. The van der Waals surface area contributed by atoms with Gasteiger partial charge in [-0.3, -0.25) is 0 Å². The fraction of sp³-hybridized carbons (Fsp3) is 0.625. The molecule has 0 saturated heterocycles. The first kappa shape index (κ1) is 15.0. The van der Waals surface area contributed by atoms with Gasteiger partial charge >= 0.3 is 0 Å². The predicted octanol–water partition coefficient (Wildman–Crippen LogP) is 3.87. The minimum absolute atomic E-state index is 0.429. The number of hydrogen-bond acceptors (Lipinski definition) is 2. The van der Waals surface area contributed by atoms with Crippen molar-refractivity contribution in [1.29, 1.82) is 0 Å². The topological polar surface area (TPSA) is 21.3 Å². The first-order valence-electron chi connectivity index (χ1n) is 6.86. The van der Waals surface area contributed by atoms with E-state index >= 15 is 0 Å². The fourth-order valence-electron chi connectivity index (χ4n) is 1.90. The van der Waals surface area contributed by atoms with Gasteiger partial charge in [-0.05, 0) is 37.4 Å². The standard InChI is InChI=1S/C16H27NO/c1-16(2,3)12-8-9-14(17-4)13-18-15-10-6-5-7-11-15/h5-7,10-11,14,17H,8-9,12-13H2,1-4H3. The largest absolute Gasteiger partial charge is 0.492 e. The van der Waals surface area contributed by atoms with Gasteiger partial charge in [-0.25, -0.2) is 0 Å². The van der Waals surface area contributed by atoms with Crippen molar-refractivity contribution < 1.29 is 4.74 Å². The molecule has 0 bridgehead atoms. The van der Waals surface area contributed by atoms with Gasteiger partial charge < -0.3 is 10.1 Å². The molecule has 0 radical (unpaired) electrons. The Morgan fingerprint density at radius 2 is 1.83 bits per heavy atom. The first-order valence-corrected chi connectivity index (χ1v) is 6.86. The Morgan fingerprint density at radius 1 is 1.17 bits per heavy atom. The van der Waals surface area contributed by atoms with Crippen molar-refractivity contribution in [3.8, 4) is 5.75 Å². The molecular formula is C16H27NO. The average Bonchev–Trinajstić information content (AvgIpc) is 2.33. The quantitative estimate of drug-likeness (QED) is 0.792. The Balaban J connectivity index is 2.25. The number of rotatable bonds is 7. The van der Waals surface area contributed by atoms with Gasteiger partial charge in [0.2, 0.25) is 0 Å². The summed E-state index contributed by atoms with van der Waals surface area (Å²) in [6, 6.07) is 10.5. The third-order valence-electron chi connectivity index (χ3n) is 3.08. The lowest BCUT2D eigenvalue weighted by Gasteiger charge is -2.21. The van der Waals surface area contributed by atoms with Crippen molar-refractivity contribution in [2.75, 3.05) is 13.7 Å². The van der Waals surface area contributed by atoms with E-state index in [1.54, 1.807) is 0 Å². The van der Waals surface area contributed by atoms with Gasteiger partial charge in [0.1, 0.15) is 12.4 Å². The van der Waals surface area contributed by atoms with Gasteiger partial charge in [-0.1, -0.05) is 45.4 Å². The van der Waals surface area contributed by atoms with E-state index in [-0.39, 0.29) is 0 Å². The van der Waals surface area contributed by atoms with E-state index in [1.165, 1.54) is 19.3 Å². The fourth-order valence-corrected chi connectivity index (χ4v) is 1.90. The zero-order valence-corrected chi connectivity index (χ0v) is 12.2. The van der Waals surface area contributed by atoms with E-state index in [0.29, 0.717) is 11.5 Å². The van der Waals surface area contributed by atoms with Crippen molar-refractivity contribution in [2.24, 2.45) is 5.41 Å². The zero-order valence-electron chi connectivity index (χ0n) is 12.2. The summed E-state index contributed by atoms with van der Waals surface area (Å²) in [5.41, 5.74) is 0.429. The Morgan fingerprint density at radius 3 is 2.39 bits per heavy atom. The number of ether oxygens (including phenoxy) is 1. The van der Waals surface area contributed by atoms with Crippen LogP contribution in [0.15, 0.2) is 30.3 Å². The van der Waals surface area contributed by atoms with Gasteiger partial charge in [0, 0.05) is 6.04 Å². The molecule has 0 aromatic heterocycles. The van der Waals surface area contributed by atoms with Crippen molar-refractivity contribution in [3.63, 3.8) is 0 Å². The molecule has 0 aliphatic carbocycles. The highest BCUT2D eigenvalue weighted by Gasteiger charge is 2.12. The molecule has 1 aromatic carbocycles. The normalized spacial score (nSPS) is 13.3. The van der Waals surface area contributed by atoms with Crippen LogP contribution in [0.1, 0.15) is 40.0 Å². The van der Waals surface area contributed by atoms with E-state index in [2.05, 4.69) is 26.1 Å². The molecule has 102 valence electrons. The van der Waals surface area contributed by atoms with Crippen LogP contribution in [0.4, 0.5) is 0 Å². The van der Waals surface area contributed by atoms with Crippen molar-refractivity contribution >= 4 is 0 Å². The number of hydrogen-bond donors (Lipinski definition) is 1. The molecule has 1 N–H and O–H groups in total. The lowest BCUT2D eigenvalue weighted by Crippen LogP contribution is -2.31. The van der Waals surface area contributed by atoms with E-state index in [1.807, 2.05) is 37.4 Å². The van der Waals surface area contributed by atoms with Crippen LogP contribution in [0.3, 0.4) is 0 Å². The molecule has 0 heterocycles. The minimum Gasteiger partial charge on any atom is -0.492 e. The summed E-state index contributed by atoms with van der Waals surface area (Å²) in [5.74, 6) is 0.952. The summed E-state index contributed by atoms with van der Waals surface area (Å²) in [7, 11) is 2.01. The van der Waals surface area contributed by atoms with Crippen molar-refractivity contribution in [3.05, 3.63) is 30.3 Å². The number of likely N-dealkylation sites (N-methyl/N-ethyl adjacent to an activating group) is 1. The molecule has 1 atom stereocenters. The highest BCUT2D eigenvalue weighted by Crippen LogP contribution is 2.22. The van der Waals surface area contributed by atoms with Gasteiger partial charge in [0.05, 0.1) is 0 Å². The highest BCUT2D eigenvalue weighted by molar-refractivity contribution is 5.20. The van der Waals surface area contributed by atoms with Gasteiger partial charge in [-0.15, -0.1) is 0 Å². The van der Waals surface area contributed by atoms with Gasteiger partial charge in [0.25, 0.3) is 0 Å². The summed E-state index contributed by atoms with van der Waals surface area (Å²) in [6.07, 6.45) is 3.67. The van der Waals surface area contributed by atoms with Crippen LogP contribution in [0.2, 0.25) is 0 Å². The molecular weight excluding hydrogens is 222 g/mol. The maximum atomic E-state index is 5.78. The molecule has 0 aliphatic heterocycles. The molecule has 2 heteroatoms. The smallest absolute Gasteiger partial charge is 0.119 e. The third kappa shape index (κ3) is 6.65. The average molecular weight is 249 g/mol. The highest BCUT2D eigenvalue weighted by atomic mass is 16.5. The van der Waals surface area contributed by atoms with Crippen LogP contribution in [0, 0.1) is 5.41 Å². The van der Waals surface area contributed by atoms with Crippen LogP contribution >= 0.6 is 0 Å². The number of nitrogens with one attached hydrogen (secondary N) is 1. The molecule has 2 nitrogen and oxygen atoms in total. The molecule has 1 unspecified atom stereocenters. The second-order valence-electron chi connectivity index (χ2n) is 6.06. The molecule has 0 aliphatic rings. The molecule has 1 rings (SSSR count). The summed E-state index contributed by atoms with van der Waals surface area (Å²) in [4.78, 5) is 0. The number of benzene rings is 1. The van der Waals surface area contributed by atoms with E-state index in [4.69, 9.17) is 4.74 Å². The van der Waals surface area contributed by atoms with Crippen LogP contribution in [0.5, 0.6) is 5.75 Å². The number of para-hydroxylation sites is 1. The molecule has 0 fully saturated rings. The zero-order chi connectivity index (χ0) is 13.4. The van der Waals surface area contributed by atoms with Crippen LogP contribution < -0.4 is 10.1 Å². The Kier molecular flexibility index (Phi) is 6.20. The lowest BCUT2D eigenvalue weighted by molar-refractivity contribution is 0.252. The Bertz CT molecular complexity index is 316. The molecule has 18 heavy (non-hydrogen) atoms. The SMILES string of the molecule is CNC(CCCC(C)(C)C)COc1ccccc1. The predicted molar refractivity (Wildman–Crippen MR) is 78.1 cm³/mol. The molecule has 1 aromatic rings. The summed E-state index contributed by atoms with van der Waals surface area (Å²) in [5, 5.41) is 3.33. The van der Waals surface area contributed by atoms with Crippen LogP contribution in [-0.2, 0) is 0 Å². The Labute approximate surface area is 112 Å². The van der Waals surface area contributed by atoms with Crippen LogP contribution in [-0.4, -0.2) is 19.7 Å². The van der Waals surface area contributed by atoms with Gasteiger partial charge in [0.15, 0.2) is 0 Å². The first-order chi connectivity index (χ1) is 8.51. The van der Waals surface area contributed by atoms with E-state index < -0.39 is 0 Å². The molecule has 0 spiro atoms. The second-order valence-corrected chi connectivity index (χ2v) is 6.06. The lowest BCUT2D eigenvalue weighted by atomic mass is 9.89. The van der Waals surface area contributed by atoms with E-state index in [9.17, 15) is 0 Å². The third-order valence-corrected chi connectivity index (χ3v) is 3.08. The second kappa shape index (κ2) is 7.42. The van der Waals surface area contributed by atoms with E-state index in [0.717, 1.165) is 12.4 Å². The monoisotopic (exact) mass is 249 g/mol. The maximum absolute atomic E-state index is 5.78. The Hall–Kier alpha value is -1.02. The summed E-state index contributed by atoms with van der Waals surface area (Å²) >= 11 is 0. The van der Waals surface area contributed by atoms with Gasteiger partial charge in [-0.2, -0.15) is 0 Å². The summed E-state index contributed by atoms with van der Waals surface area (Å²) < 4.78 is 5.78. The minimum atomic E-state index is 0.429. The summed E-state index contributed by atoms with van der Waals surface area (Å²) in [6.45, 7) is 7.62. The van der Waals surface area contributed by atoms with Crippen molar-refractivity contribution in [1.82, 2.24) is 5.32 Å². The van der Waals surface area contributed by atoms with Crippen molar-refractivity contribution in [2.45, 2.75) is 46.1 Å². The van der Waals surface area contributed by atoms with Crippen LogP contribution in [0.25, 0.3) is 0 Å². The maximum Gasteiger partial charge on any atom is 0.119 e. The molecule has 0 amide bonds.